The van der Waals surface area contributed by atoms with Crippen molar-refractivity contribution in [3.63, 3.8) is 0 Å². The van der Waals surface area contributed by atoms with Gasteiger partial charge in [0.05, 0.1) is 5.56 Å². The largest absolute Gasteiger partial charge is 0.342 e. The number of aromatic nitrogens is 1. The van der Waals surface area contributed by atoms with Crippen molar-refractivity contribution in [2.24, 2.45) is 16.3 Å². The van der Waals surface area contributed by atoms with E-state index in [9.17, 15) is 4.79 Å². The van der Waals surface area contributed by atoms with Crippen LogP contribution in [0.2, 0.25) is 0 Å². The van der Waals surface area contributed by atoms with Gasteiger partial charge < -0.3 is 9.88 Å². The standard InChI is InChI=1S/C39H37N3OS/c1-39(2,3)29-20-21-33-35(22-29)44-38(36(33)37(43)41-30-15-5-4-6-16-30)40-23-28-25-42(34-19-10-9-18-32(28)34)24-27-14-11-13-26-12-7-8-17-31(26)27/h4-19,23,25,29H,20-22,24H2,1-3H3,(H,41,43)/t29-/m1/s1. The van der Waals surface area contributed by atoms with Crippen LogP contribution in [0.25, 0.3) is 21.7 Å². The molecule has 1 N–H and O–H groups in total. The SMILES string of the molecule is CC(C)(C)[C@@H]1CCc2c(sc(N=Cc3cn(Cc4cccc5ccccc45)c4ccccc34)c2C(=O)Nc2ccccc2)C1. The molecule has 1 amide bonds. The van der Waals surface area contributed by atoms with E-state index in [-0.39, 0.29) is 11.3 Å². The van der Waals surface area contributed by atoms with E-state index in [1.165, 1.54) is 32.3 Å². The molecule has 0 aliphatic heterocycles. The number of nitrogens with one attached hydrogen (secondary N) is 1. The average molecular weight is 596 g/mol. The van der Waals surface area contributed by atoms with Crippen LogP contribution in [0, 0.1) is 11.3 Å². The summed E-state index contributed by atoms with van der Waals surface area (Å²) in [6.45, 7) is 7.74. The third-order valence-electron chi connectivity index (χ3n) is 9.09. The fourth-order valence-corrected chi connectivity index (χ4v) is 7.87. The second-order valence-corrected chi connectivity index (χ2v) is 14.0. The number of hydrogen-bond acceptors (Lipinski definition) is 3. The lowest BCUT2D eigenvalue weighted by Gasteiger charge is -2.33. The van der Waals surface area contributed by atoms with Crippen molar-refractivity contribution in [3.8, 4) is 0 Å². The number of amides is 1. The van der Waals surface area contributed by atoms with Crippen LogP contribution in [0.15, 0.2) is 108 Å². The summed E-state index contributed by atoms with van der Waals surface area (Å²) < 4.78 is 2.31. The van der Waals surface area contributed by atoms with Gasteiger partial charge in [-0.1, -0.05) is 99.6 Å². The maximum atomic E-state index is 13.8. The zero-order valence-corrected chi connectivity index (χ0v) is 26.3. The highest BCUT2D eigenvalue weighted by molar-refractivity contribution is 7.16. The Morgan fingerprint density at radius 1 is 0.932 bits per heavy atom. The smallest absolute Gasteiger partial charge is 0.259 e. The van der Waals surface area contributed by atoms with Crippen LogP contribution in [0.1, 0.15) is 59.1 Å². The minimum absolute atomic E-state index is 0.0755. The Kier molecular flexibility index (Phi) is 7.43. The first-order valence-corrected chi connectivity index (χ1v) is 16.3. The molecule has 1 aliphatic carbocycles. The summed E-state index contributed by atoms with van der Waals surface area (Å²) in [6.07, 6.45) is 7.15. The number of anilines is 1. The Morgan fingerprint density at radius 3 is 2.48 bits per heavy atom. The van der Waals surface area contributed by atoms with Crippen LogP contribution < -0.4 is 5.32 Å². The van der Waals surface area contributed by atoms with E-state index >= 15 is 0 Å². The van der Waals surface area contributed by atoms with Gasteiger partial charge in [0.2, 0.25) is 0 Å². The molecule has 1 aliphatic rings. The number of carbonyl (C=O) groups excluding carboxylic acids is 1. The third kappa shape index (κ3) is 5.48. The summed E-state index contributed by atoms with van der Waals surface area (Å²) in [5.74, 6) is 0.510. The first kappa shape index (κ1) is 28.3. The minimum atomic E-state index is -0.0755. The van der Waals surface area contributed by atoms with E-state index in [0.29, 0.717) is 5.92 Å². The van der Waals surface area contributed by atoms with E-state index < -0.39 is 0 Å². The molecule has 0 spiro atoms. The van der Waals surface area contributed by atoms with E-state index in [0.717, 1.165) is 53.0 Å². The Balaban J connectivity index is 1.27. The number of carbonyl (C=O) groups is 1. The predicted octanol–water partition coefficient (Wildman–Crippen LogP) is 10.1. The summed E-state index contributed by atoms with van der Waals surface area (Å²) in [5.41, 5.74) is 6.44. The van der Waals surface area contributed by atoms with Gasteiger partial charge in [0.15, 0.2) is 0 Å². The Hall–Kier alpha value is -4.48. The Morgan fingerprint density at radius 2 is 1.66 bits per heavy atom. The van der Waals surface area contributed by atoms with Crippen LogP contribution in [0.3, 0.4) is 0 Å². The first-order chi connectivity index (χ1) is 21.3. The second-order valence-electron chi connectivity index (χ2n) is 12.9. The molecule has 6 aromatic rings. The zero-order valence-electron chi connectivity index (χ0n) is 25.5. The Labute approximate surface area is 263 Å². The zero-order chi connectivity index (χ0) is 30.3. The summed E-state index contributed by atoms with van der Waals surface area (Å²) in [7, 11) is 0. The molecule has 7 rings (SSSR count). The van der Waals surface area contributed by atoms with Crippen molar-refractivity contribution in [2.75, 3.05) is 5.32 Å². The average Bonchev–Trinajstić information content (AvgIpc) is 3.58. The molecule has 0 unspecified atom stereocenters. The van der Waals surface area contributed by atoms with Gasteiger partial charge >= 0.3 is 0 Å². The summed E-state index contributed by atoms with van der Waals surface area (Å²) in [4.78, 5) is 20.2. The molecular weight excluding hydrogens is 559 g/mol. The monoisotopic (exact) mass is 595 g/mol. The predicted molar refractivity (Wildman–Crippen MR) is 186 cm³/mol. The van der Waals surface area contributed by atoms with Crippen molar-refractivity contribution in [3.05, 3.63) is 130 Å². The molecule has 0 saturated heterocycles. The van der Waals surface area contributed by atoms with Crippen LogP contribution >= 0.6 is 11.3 Å². The lowest BCUT2D eigenvalue weighted by molar-refractivity contribution is 0.102. The van der Waals surface area contributed by atoms with Crippen molar-refractivity contribution in [2.45, 2.75) is 46.6 Å². The highest BCUT2D eigenvalue weighted by atomic mass is 32.1. The molecule has 4 aromatic carbocycles. The number of para-hydroxylation sites is 2. The number of thiophene rings is 1. The fraction of sp³-hybridized carbons (Fsp3) is 0.231. The van der Waals surface area contributed by atoms with Crippen LogP contribution in [0.4, 0.5) is 10.7 Å². The third-order valence-corrected chi connectivity index (χ3v) is 10.3. The van der Waals surface area contributed by atoms with Gasteiger partial charge in [0.1, 0.15) is 5.00 Å². The summed E-state index contributed by atoms with van der Waals surface area (Å²) >= 11 is 1.69. The lowest BCUT2D eigenvalue weighted by Crippen LogP contribution is -2.27. The molecule has 4 nitrogen and oxygen atoms in total. The highest BCUT2D eigenvalue weighted by Gasteiger charge is 2.33. The van der Waals surface area contributed by atoms with Crippen molar-refractivity contribution >= 4 is 55.8 Å². The minimum Gasteiger partial charge on any atom is -0.342 e. The number of nitrogens with zero attached hydrogens (tertiary/aromatic N) is 2. The second kappa shape index (κ2) is 11.5. The van der Waals surface area contributed by atoms with E-state index in [4.69, 9.17) is 4.99 Å². The van der Waals surface area contributed by atoms with Gasteiger partial charge in [-0.15, -0.1) is 11.3 Å². The number of benzene rings is 4. The van der Waals surface area contributed by atoms with E-state index in [2.05, 4.69) is 104 Å². The molecule has 0 saturated carbocycles. The highest BCUT2D eigenvalue weighted by Crippen LogP contribution is 2.45. The fourth-order valence-electron chi connectivity index (χ4n) is 6.60. The number of aliphatic imine (C=N–C) groups is 1. The van der Waals surface area contributed by atoms with E-state index in [1.54, 1.807) is 11.3 Å². The molecule has 220 valence electrons. The van der Waals surface area contributed by atoms with Crippen LogP contribution in [-0.2, 0) is 19.4 Å². The molecule has 44 heavy (non-hydrogen) atoms. The number of rotatable bonds is 6. The van der Waals surface area contributed by atoms with Crippen LogP contribution in [-0.4, -0.2) is 16.7 Å². The molecule has 0 fully saturated rings. The number of fused-ring (bicyclic) bond motifs is 3. The molecule has 2 heterocycles. The van der Waals surface area contributed by atoms with Gasteiger partial charge in [-0.25, -0.2) is 4.99 Å². The quantitative estimate of drug-likeness (QED) is 0.191. The van der Waals surface area contributed by atoms with Crippen molar-refractivity contribution in [1.82, 2.24) is 4.57 Å². The summed E-state index contributed by atoms with van der Waals surface area (Å²) in [6, 6.07) is 33.3. The van der Waals surface area contributed by atoms with Crippen molar-refractivity contribution in [1.29, 1.82) is 0 Å². The molecule has 5 heteroatoms. The van der Waals surface area contributed by atoms with Gasteiger partial charge in [0.25, 0.3) is 5.91 Å². The Bertz CT molecular complexity index is 2000. The lowest BCUT2D eigenvalue weighted by atomic mass is 9.72. The summed E-state index contributed by atoms with van der Waals surface area (Å²) in [5, 5.41) is 7.61. The van der Waals surface area contributed by atoms with Crippen molar-refractivity contribution < 1.29 is 4.79 Å². The van der Waals surface area contributed by atoms with E-state index in [1.807, 2.05) is 36.5 Å². The molecule has 0 radical (unpaired) electrons. The number of hydrogen-bond donors (Lipinski definition) is 1. The van der Waals surface area contributed by atoms with Gasteiger partial charge in [-0.05, 0) is 70.7 Å². The van der Waals surface area contributed by atoms with Crippen LogP contribution in [0.5, 0.6) is 0 Å². The molecular formula is C39H37N3OS. The first-order valence-electron chi connectivity index (χ1n) is 15.4. The maximum absolute atomic E-state index is 13.8. The topological polar surface area (TPSA) is 46.4 Å². The maximum Gasteiger partial charge on any atom is 0.259 e. The normalized spacial score (nSPS) is 15.2. The molecule has 1 atom stereocenters. The molecule has 2 aromatic heterocycles. The van der Waals surface area contributed by atoms with Gasteiger partial charge in [-0.2, -0.15) is 0 Å². The van der Waals surface area contributed by atoms with Gasteiger partial charge in [-0.3, -0.25) is 4.79 Å². The van der Waals surface area contributed by atoms with Gasteiger partial charge in [0, 0.05) is 46.0 Å². The molecule has 0 bridgehead atoms.